The molecule has 0 bridgehead atoms. The fraction of sp³-hybridized carbons (Fsp3) is 0.480. The summed E-state index contributed by atoms with van der Waals surface area (Å²) in [6.45, 7) is 21.1. The number of carbonyl (C=O) groups is 3. The number of nitrogens with one attached hydrogen (secondary N) is 3. The number of urea groups is 3. The minimum atomic E-state index is -4.55. The van der Waals surface area contributed by atoms with Gasteiger partial charge in [0.15, 0.2) is 0 Å². The molecular formula is C75H100BrCl2F3N10O3. The standard InChI is InChI=1S/C26H38N4O.C25H31ClF3N3O.C24H31BrClN3O/c1-5-10-21(2)29-17-15-24(16-18-29)30(20-22-11-7-6-8-12-22)26(31)27-23-13-9-14-25(19-23)28(3)4;1-3-7-18(2)31-12-10-23(11-13-31)32(17-19-8-5-4-6-9-19)24(33)30-22-15-20(25(27,28)29)14-21(26)16-22;1-3-7-18(2)28-14-12-21(13-15-28)29(17-19-8-5-4-6-9-19)24(30)27-23-11-10-20(25)16-22(23)26/h6-9,11-14,19,21,24H,5,10,15-18,20H2,1-4H3,(H,27,31);4-6,8-9,14-16,18,23H,3,7,10-13,17H2,1-2H3,(H,30,33);4-6,8-11,16,18,21H,3,7,12-15,17H2,1-2H3,(H,27,30). The molecule has 6 aromatic carbocycles. The van der Waals surface area contributed by atoms with E-state index >= 15 is 0 Å². The summed E-state index contributed by atoms with van der Waals surface area (Å²) < 4.78 is 40.5. The van der Waals surface area contributed by atoms with E-state index in [-0.39, 0.29) is 40.9 Å². The first kappa shape index (κ1) is 75.0. The number of nitrogens with zero attached hydrogens (tertiary/aromatic N) is 7. The van der Waals surface area contributed by atoms with Crippen molar-refractivity contribution < 1.29 is 27.6 Å². The Labute approximate surface area is 576 Å². The van der Waals surface area contributed by atoms with Gasteiger partial charge in [-0.25, -0.2) is 14.4 Å². The third-order valence-corrected chi connectivity index (χ3v) is 19.5. The number of alkyl halides is 3. The lowest BCUT2D eigenvalue weighted by molar-refractivity contribution is -0.137. The SMILES string of the molecule is CCCC(C)N1CCC(N(Cc2ccccc2)C(=O)Nc2cc(Cl)cc(C(F)(F)F)c2)CC1.CCCC(C)N1CCC(N(Cc2ccccc2)C(=O)Nc2ccc(Br)cc2Cl)CC1.CCCC(C)N1CCC(N(Cc2ccccc2)C(=O)Nc2cccc(N(C)C)c2)CC1. The zero-order valence-electron chi connectivity index (χ0n) is 56.4. The zero-order valence-corrected chi connectivity index (χ0v) is 59.5. The molecule has 0 spiro atoms. The van der Waals surface area contributed by atoms with Gasteiger partial charge < -0.3 is 50.2 Å². The number of carbonyl (C=O) groups excluding carboxylic acids is 3. The Kier molecular flexibility index (Phi) is 30.2. The summed E-state index contributed by atoms with van der Waals surface area (Å²) in [6, 6.07) is 48.4. The maximum atomic E-state index is 13.4. The van der Waals surface area contributed by atoms with E-state index in [1.807, 2.05) is 132 Å². The summed E-state index contributed by atoms with van der Waals surface area (Å²) in [7, 11) is 4.02. The molecule has 3 aliphatic heterocycles. The number of amides is 6. The van der Waals surface area contributed by atoms with Crippen molar-refractivity contribution in [1.29, 1.82) is 0 Å². The van der Waals surface area contributed by atoms with E-state index in [4.69, 9.17) is 23.2 Å². The quantitative estimate of drug-likeness (QED) is 0.0621. The van der Waals surface area contributed by atoms with Crippen molar-refractivity contribution in [3.63, 3.8) is 0 Å². The molecule has 94 heavy (non-hydrogen) atoms. The van der Waals surface area contributed by atoms with Gasteiger partial charge in [0.2, 0.25) is 0 Å². The Bertz CT molecular complexity index is 3240. The predicted molar refractivity (Wildman–Crippen MR) is 386 cm³/mol. The second kappa shape index (κ2) is 37.8. The predicted octanol–water partition coefficient (Wildman–Crippen LogP) is 19.3. The van der Waals surface area contributed by atoms with E-state index in [1.165, 1.54) is 37.3 Å². The van der Waals surface area contributed by atoms with Crippen LogP contribution in [0.25, 0.3) is 0 Å². The topological polar surface area (TPSA) is 110 Å². The van der Waals surface area contributed by atoms with Crippen LogP contribution in [0.2, 0.25) is 10.0 Å². The summed E-state index contributed by atoms with van der Waals surface area (Å²) in [5.41, 5.74) is 4.96. The lowest BCUT2D eigenvalue weighted by atomic mass is 10.00. The fourth-order valence-corrected chi connectivity index (χ4v) is 14.0. The van der Waals surface area contributed by atoms with Gasteiger partial charge in [0.05, 0.1) is 16.3 Å². The monoisotopic (exact) mass is 1390 g/mol. The van der Waals surface area contributed by atoms with E-state index in [0.717, 1.165) is 130 Å². The molecule has 0 aromatic heterocycles. The van der Waals surface area contributed by atoms with Crippen molar-refractivity contribution in [2.45, 2.75) is 181 Å². The van der Waals surface area contributed by atoms with E-state index in [1.54, 1.807) is 11.0 Å². The third-order valence-electron chi connectivity index (χ3n) is 18.4. The minimum Gasteiger partial charge on any atom is -0.378 e. The highest BCUT2D eigenvalue weighted by Crippen LogP contribution is 2.35. The van der Waals surface area contributed by atoms with Gasteiger partial charge in [-0.2, -0.15) is 13.2 Å². The van der Waals surface area contributed by atoms with Gasteiger partial charge in [0.25, 0.3) is 0 Å². The van der Waals surface area contributed by atoms with Crippen LogP contribution in [0.3, 0.4) is 0 Å². The Hall–Kier alpha value is -6.34. The molecule has 0 aliphatic carbocycles. The zero-order chi connectivity index (χ0) is 67.7. The van der Waals surface area contributed by atoms with Crippen molar-refractivity contribution in [2.24, 2.45) is 0 Å². The lowest BCUT2D eigenvalue weighted by Crippen LogP contribution is -2.50. The Morgan fingerprint density at radius 3 is 1.24 bits per heavy atom. The molecular weight excluding hydrogens is 1300 g/mol. The fourth-order valence-electron chi connectivity index (χ4n) is 13.0. The van der Waals surface area contributed by atoms with Gasteiger partial charge in [-0.3, -0.25) is 0 Å². The van der Waals surface area contributed by atoms with Gasteiger partial charge in [0.1, 0.15) is 0 Å². The molecule has 6 aromatic rings. The van der Waals surface area contributed by atoms with Crippen LogP contribution < -0.4 is 20.9 Å². The maximum Gasteiger partial charge on any atom is 0.416 e. The van der Waals surface area contributed by atoms with E-state index in [0.29, 0.717) is 48.5 Å². The molecule has 0 saturated carbocycles. The van der Waals surface area contributed by atoms with Crippen molar-refractivity contribution >= 4 is 80.0 Å². The number of benzene rings is 6. The molecule has 3 N–H and O–H groups in total. The second-order valence-corrected chi connectivity index (χ2v) is 27.4. The van der Waals surface area contributed by atoms with Crippen LogP contribution in [0, 0.1) is 0 Å². The second-order valence-electron chi connectivity index (χ2n) is 25.6. The lowest BCUT2D eigenvalue weighted by Gasteiger charge is -2.40. The molecule has 3 saturated heterocycles. The Morgan fingerprint density at radius 2 is 0.883 bits per heavy atom. The van der Waals surface area contributed by atoms with Gasteiger partial charge >= 0.3 is 24.3 Å². The molecule has 3 aliphatic rings. The number of likely N-dealkylation sites (tertiary alicyclic amines) is 3. The smallest absolute Gasteiger partial charge is 0.378 e. The Balaban J connectivity index is 0.000000200. The molecule has 3 unspecified atom stereocenters. The normalized spacial score (nSPS) is 16.2. The summed E-state index contributed by atoms with van der Waals surface area (Å²) in [4.78, 5) is 55.4. The third kappa shape index (κ3) is 23.5. The Morgan fingerprint density at radius 1 is 0.500 bits per heavy atom. The number of halogens is 6. The first-order valence-corrected chi connectivity index (χ1v) is 35.3. The summed E-state index contributed by atoms with van der Waals surface area (Å²) >= 11 is 15.7. The highest BCUT2D eigenvalue weighted by molar-refractivity contribution is 9.10. The van der Waals surface area contributed by atoms with Gasteiger partial charge in [0, 0.05) is 136 Å². The van der Waals surface area contributed by atoms with Crippen LogP contribution in [0.4, 0.5) is 50.3 Å². The molecule has 6 amide bonds. The number of rotatable bonds is 22. The highest BCUT2D eigenvalue weighted by Gasteiger charge is 2.35. The summed E-state index contributed by atoms with van der Waals surface area (Å²) in [5.74, 6) is 0. The molecule has 0 radical (unpaired) electrons. The minimum absolute atomic E-state index is 0.00319. The molecule has 3 heterocycles. The number of piperidine rings is 3. The summed E-state index contributed by atoms with van der Waals surface area (Å²) in [6.07, 6.45) is 8.25. The van der Waals surface area contributed by atoms with Gasteiger partial charge in [-0.05, 0) is 150 Å². The van der Waals surface area contributed by atoms with Crippen LogP contribution >= 0.6 is 39.1 Å². The van der Waals surface area contributed by atoms with E-state index in [2.05, 4.69) is 112 Å². The largest absolute Gasteiger partial charge is 0.416 e. The molecule has 510 valence electrons. The van der Waals surface area contributed by atoms with Crippen LogP contribution in [0.1, 0.15) is 141 Å². The first-order valence-electron chi connectivity index (χ1n) is 33.8. The molecule has 3 atom stereocenters. The van der Waals surface area contributed by atoms with Crippen molar-refractivity contribution in [2.75, 3.05) is 74.2 Å². The molecule has 13 nitrogen and oxygen atoms in total. The van der Waals surface area contributed by atoms with Crippen molar-refractivity contribution in [3.8, 4) is 0 Å². The maximum absolute atomic E-state index is 13.4. The average Bonchev–Trinajstić information content (AvgIpc) is 1.17. The van der Waals surface area contributed by atoms with E-state index in [9.17, 15) is 27.6 Å². The highest BCUT2D eigenvalue weighted by atomic mass is 79.9. The van der Waals surface area contributed by atoms with E-state index < -0.39 is 17.8 Å². The van der Waals surface area contributed by atoms with Crippen LogP contribution in [0.5, 0.6) is 0 Å². The first-order chi connectivity index (χ1) is 45.1. The summed E-state index contributed by atoms with van der Waals surface area (Å²) in [5, 5.41) is 9.29. The van der Waals surface area contributed by atoms with Crippen molar-refractivity contribution in [1.82, 2.24) is 29.4 Å². The van der Waals surface area contributed by atoms with Crippen LogP contribution in [-0.4, -0.2) is 137 Å². The number of anilines is 4. The van der Waals surface area contributed by atoms with Gasteiger partial charge in [-0.15, -0.1) is 0 Å². The average molecular weight is 1400 g/mol. The number of hydrogen-bond donors (Lipinski definition) is 3. The van der Waals surface area contributed by atoms with Crippen molar-refractivity contribution in [3.05, 3.63) is 188 Å². The van der Waals surface area contributed by atoms with Gasteiger partial charge in [-0.1, -0.05) is 176 Å². The van der Waals surface area contributed by atoms with Crippen LogP contribution in [0.15, 0.2) is 156 Å². The molecule has 19 heteroatoms. The molecule has 9 rings (SSSR count). The number of hydrogen-bond acceptors (Lipinski definition) is 7. The van der Waals surface area contributed by atoms with Crippen LogP contribution in [-0.2, 0) is 25.8 Å². The molecule has 3 fully saturated rings.